The van der Waals surface area contributed by atoms with Gasteiger partial charge in [0.05, 0.1) is 13.2 Å². The van der Waals surface area contributed by atoms with E-state index >= 15 is 0 Å². The van der Waals surface area contributed by atoms with E-state index in [4.69, 9.17) is 4.74 Å². The Hall–Kier alpha value is -0.910. The van der Waals surface area contributed by atoms with E-state index in [1.54, 1.807) is 0 Å². The number of likely N-dealkylation sites (tertiary alicyclic amines) is 2. The van der Waals surface area contributed by atoms with Crippen molar-refractivity contribution in [2.24, 2.45) is 0 Å². The molecule has 0 radical (unpaired) electrons. The minimum atomic E-state index is -1.18. The van der Waals surface area contributed by atoms with E-state index in [2.05, 4.69) is 11.0 Å². The summed E-state index contributed by atoms with van der Waals surface area (Å²) in [5.41, 5.74) is 0.0951. The highest BCUT2D eigenvalue weighted by atomic mass is 16.5. The zero-order valence-corrected chi connectivity index (χ0v) is 12.7. The number of piperidine rings is 1. The molecule has 118 valence electrons. The molecule has 0 aromatic heterocycles. The number of aliphatic hydroxyl groups is 1. The van der Waals surface area contributed by atoms with Gasteiger partial charge in [0.1, 0.15) is 0 Å². The Balaban J connectivity index is 1.61. The summed E-state index contributed by atoms with van der Waals surface area (Å²) in [6, 6.07) is 0. The van der Waals surface area contributed by atoms with E-state index in [0.29, 0.717) is 19.6 Å². The molecule has 1 amide bonds. The second-order valence-corrected chi connectivity index (χ2v) is 6.55. The van der Waals surface area contributed by atoms with Gasteiger partial charge in [-0.3, -0.25) is 9.69 Å². The van der Waals surface area contributed by atoms with Crippen molar-refractivity contribution >= 4 is 5.91 Å². The van der Waals surface area contributed by atoms with Crippen molar-refractivity contribution in [3.63, 3.8) is 0 Å². The van der Waals surface area contributed by atoms with Crippen LogP contribution >= 0.6 is 0 Å². The van der Waals surface area contributed by atoms with Gasteiger partial charge < -0.3 is 14.7 Å². The highest BCUT2D eigenvalue weighted by Gasteiger charge is 2.43. The normalized spacial score (nSPS) is 31.3. The fourth-order valence-electron chi connectivity index (χ4n) is 3.65. The summed E-state index contributed by atoms with van der Waals surface area (Å²) in [5, 5.41) is 10.8. The second-order valence-electron chi connectivity index (χ2n) is 6.55. The molecular formula is C16H26N2O3. The van der Waals surface area contributed by atoms with Gasteiger partial charge >= 0.3 is 0 Å². The third kappa shape index (κ3) is 3.47. The molecule has 3 aliphatic rings. The first kappa shape index (κ1) is 15.0. The van der Waals surface area contributed by atoms with E-state index in [9.17, 15) is 9.90 Å². The van der Waals surface area contributed by atoms with Gasteiger partial charge in [-0.2, -0.15) is 0 Å². The maximum absolute atomic E-state index is 12.6. The van der Waals surface area contributed by atoms with Crippen LogP contribution in [0.15, 0.2) is 11.6 Å². The highest BCUT2D eigenvalue weighted by Crippen LogP contribution is 2.26. The van der Waals surface area contributed by atoms with E-state index in [1.807, 2.05) is 4.90 Å². The number of nitrogens with zero attached hydrogens (tertiary/aromatic N) is 2. The lowest BCUT2D eigenvalue weighted by molar-refractivity contribution is -0.155. The van der Waals surface area contributed by atoms with Crippen LogP contribution in [0.5, 0.6) is 0 Å². The minimum Gasteiger partial charge on any atom is -0.379 e. The summed E-state index contributed by atoms with van der Waals surface area (Å²) >= 11 is 0. The molecular weight excluding hydrogens is 268 g/mol. The number of carbonyl (C=O) groups is 1. The van der Waals surface area contributed by atoms with Gasteiger partial charge in [0.25, 0.3) is 5.91 Å². The van der Waals surface area contributed by atoms with Crippen molar-refractivity contribution in [2.45, 2.75) is 37.7 Å². The predicted octanol–water partition coefficient (Wildman–Crippen LogP) is 0.782. The van der Waals surface area contributed by atoms with Crippen LogP contribution in [0.4, 0.5) is 0 Å². The average molecular weight is 294 g/mol. The Morgan fingerprint density at radius 3 is 2.81 bits per heavy atom. The van der Waals surface area contributed by atoms with Crippen molar-refractivity contribution < 1.29 is 14.6 Å². The summed E-state index contributed by atoms with van der Waals surface area (Å²) in [6.07, 6.45) is 6.81. The topological polar surface area (TPSA) is 53.0 Å². The summed E-state index contributed by atoms with van der Waals surface area (Å²) in [4.78, 5) is 16.6. The summed E-state index contributed by atoms with van der Waals surface area (Å²) in [7, 11) is 0. The quantitative estimate of drug-likeness (QED) is 0.782. The van der Waals surface area contributed by atoms with Crippen LogP contribution in [-0.2, 0) is 9.53 Å². The molecule has 3 aliphatic heterocycles. The van der Waals surface area contributed by atoms with Crippen LogP contribution in [0, 0.1) is 0 Å². The number of hydrogen-bond acceptors (Lipinski definition) is 4. The first-order valence-corrected chi connectivity index (χ1v) is 8.17. The molecule has 0 spiro atoms. The van der Waals surface area contributed by atoms with Crippen LogP contribution < -0.4 is 0 Å². The third-order valence-electron chi connectivity index (χ3n) is 4.75. The Morgan fingerprint density at radius 1 is 1.29 bits per heavy atom. The third-order valence-corrected chi connectivity index (χ3v) is 4.75. The largest absolute Gasteiger partial charge is 0.379 e. The van der Waals surface area contributed by atoms with E-state index in [-0.39, 0.29) is 5.91 Å². The summed E-state index contributed by atoms with van der Waals surface area (Å²) < 4.78 is 5.47. The van der Waals surface area contributed by atoms with Crippen molar-refractivity contribution in [3.05, 3.63) is 11.6 Å². The van der Waals surface area contributed by atoms with E-state index in [0.717, 1.165) is 58.5 Å². The fraction of sp³-hybridized carbons (Fsp3) is 0.812. The lowest BCUT2D eigenvalue weighted by Crippen LogP contribution is -2.57. The Bertz CT molecular complexity index is 418. The lowest BCUT2D eigenvalue weighted by Gasteiger charge is -2.40. The first-order chi connectivity index (χ1) is 10.2. The number of β-amino-alcohol motifs (C(OH)–C–C–N with tert-alkyl or cyclic N) is 1. The summed E-state index contributed by atoms with van der Waals surface area (Å²) in [5.74, 6) is -0.0569. The molecule has 3 rings (SSSR count). The van der Waals surface area contributed by atoms with Gasteiger partial charge in [0.15, 0.2) is 5.60 Å². The van der Waals surface area contributed by atoms with Crippen LogP contribution in [0.1, 0.15) is 32.1 Å². The highest BCUT2D eigenvalue weighted by molar-refractivity contribution is 5.85. The molecule has 2 saturated heterocycles. The molecule has 2 fully saturated rings. The maximum atomic E-state index is 12.6. The van der Waals surface area contributed by atoms with Crippen LogP contribution in [0.25, 0.3) is 0 Å². The molecule has 0 bridgehead atoms. The fourth-order valence-corrected chi connectivity index (χ4v) is 3.65. The van der Waals surface area contributed by atoms with Crippen LogP contribution in [0.3, 0.4) is 0 Å². The maximum Gasteiger partial charge on any atom is 0.255 e. The van der Waals surface area contributed by atoms with Gasteiger partial charge in [0.2, 0.25) is 0 Å². The number of amides is 1. The van der Waals surface area contributed by atoms with Gasteiger partial charge in [-0.25, -0.2) is 0 Å². The molecule has 5 nitrogen and oxygen atoms in total. The lowest BCUT2D eigenvalue weighted by atomic mass is 9.91. The number of rotatable bonds is 3. The van der Waals surface area contributed by atoms with Crippen molar-refractivity contribution in [1.29, 1.82) is 0 Å². The van der Waals surface area contributed by atoms with E-state index < -0.39 is 5.60 Å². The minimum absolute atomic E-state index is 0.0569. The van der Waals surface area contributed by atoms with Crippen molar-refractivity contribution in [2.75, 3.05) is 45.9 Å². The molecule has 0 aromatic rings. The van der Waals surface area contributed by atoms with Gasteiger partial charge in [-0.15, -0.1) is 0 Å². The SMILES string of the molecule is O=C(N1CCCC1)C1(O)CCCN(CC2=CCCOC2)C1. The molecule has 0 aromatic carbocycles. The Kier molecular flexibility index (Phi) is 4.62. The Morgan fingerprint density at radius 2 is 2.10 bits per heavy atom. The monoisotopic (exact) mass is 294 g/mol. The van der Waals surface area contributed by atoms with Crippen LogP contribution in [-0.4, -0.2) is 72.4 Å². The first-order valence-electron chi connectivity index (χ1n) is 8.17. The predicted molar refractivity (Wildman–Crippen MR) is 80.0 cm³/mol. The smallest absolute Gasteiger partial charge is 0.255 e. The molecule has 1 N–H and O–H groups in total. The molecule has 0 saturated carbocycles. The summed E-state index contributed by atoms with van der Waals surface area (Å²) in [6.45, 7) is 5.33. The van der Waals surface area contributed by atoms with Crippen molar-refractivity contribution in [3.8, 4) is 0 Å². The van der Waals surface area contributed by atoms with Crippen molar-refractivity contribution in [1.82, 2.24) is 9.80 Å². The molecule has 21 heavy (non-hydrogen) atoms. The molecule has 5 heteroatoms. The van der Waals surface area contributed by atoms with Gasteiger partial charge in [-0.1, -0.05) is 6.08 Å². The Labute approximate surface area is 126 Å². The molecule has 3 heterocycles. The van der Waals surface area contributed by atoms with Crippen LogP contribution in [0.2, 0.25) is 0 Å². The zero-order valence-electron chi connectivity index (χ0n) is 12.7. The number of ether oxygens (including phenoxy) is 1. The number of hydrogen-bond donors (Lipinski definition) is 1. The number of carbonyl (C=O) groups excluding carboxylic acids is 1. The van der Waals surface area contributed by atoms with E-state index in [1.165, 1.54) is 5.57 Å². The zero-order chi connectivity index (χ0) is 14.7. The second kappa shape index (κ2) is 6.46. The van der Waals surface area contributed by atoms with Gasteiger partial charge in [-0.05, 0) is 44.2 Å². The van der Waals surface area contributed by atoms with Gasteiger partial charge in [0, 0.05) is 26.2 Å². The average Bonchev–Trinajstić information content (AvgIpc) is 3.02. The molecule has 1 atom stereocenters. The molecule has 0 aliphatic carbocycles. The standard InChI is InChI=1S/C16H26N2O3/c19-15(18-8-1-2-9-18)16(20)6-4-7-17(13-16)11-14-5-3-10-21-12-14/h5,20H,1-4,6-13H2. The molecule has 1 unspecified atom stereocenters.